The molecule has 2 amide bonds. The van der Waals surface area contributed by atoms with Gasteiger partial charge in [-0.2, -0.15) is 5.26 Å². The maximum absolute atomic E-state index is 13.1. The maximum atomic E-state index is 13.1. The molecule has 0 spiro atoms. The second kappa shape index (κ2) is 11.7. The van der Waals surface area contributed by atoms with Crippen molar-refractivity contribution in [1.29, 1.82) is 5.26 Å². The predicted molar refractivity (Wildman–Crippen MR) is 140 cm³/mol. The molecule has 36 heavy (non-hydrogen) atoms. The SMILES string of the molecule is CC(C)C(C#N)(CCCCC(=O)N1CCC[C@@H]1C(=O)NN1CCc2ccccc2C1)c1ccccc1. The molecule has 0 aromatic heterocycles. The van der Waals surface area contributed by atoms with E-state index in [1.165, 1.54) is 11.1 Å². The van der Waals surface area contributed by atoms with Crippen molar-refractivity contribution in [3.05, 3.63) is 71.3 Å². The van der Waals surface area contributed by atoms with Gasteiger partial charge in [-0.1, -0.05) is 74.9 Å². The van der Waals surface area contributed by atoms with Crippen LogP contribution in [0.2, 0.25) is 0 Å². The van der Waals surface area contributed by atoms with Gasteiger partial charge in [0.1, 0.15) is 6.04 Å². The highest BCUT2D eigenvalue weighted by atomic mass is 16.2. The van der Waals surface area contributed by atoms with E-state index in [4.69, 9.17) is 0 Å². The van der Waals surface area contributed by atoms with Gasteiger partial charge in [-0.05, 0) is 54.7 Å². The molecule has 2 aromatic rings. The van der Waals surface area contributed by atoms with E-state index in [9.17, 15) is 14.9 Å². The molecule has 0 aliphatic carbocycles. The van der Waals surface area contributed by atoms with Crippen molar-refractivity contribution in [2.45, 2.75) is 76.8 Å². The first-order valence-corrected chi connectivity index (χ1v) is 13.3. The van der Waals surface area contributed by atoms with Crippen LogP contribution in [0.5, 0.6) is 0 Å². The van der Waals surface area contributed by atoms with Crippen LogP contribution in [0, 0.1) is 17.2 Å². The second-order valence-corrected chi connectivity index (χ2v) is 10.5. The molecule has 0 radical (unpaired) electrons. The lowest BCUT2D eigenvalue weighted by Gasteiger charge is -2.32. The van der Waals surface area contributed by atoms with E-state index in [0.717, 1.165) is 44.2 Å². The van der Waals surface area contributed by atoms with Crippen LogP contribution >= 0.6 is 0 Å². The molecule has 2 aliphatic heterocycles. The number of unbranched alkanes of at least 4 members (excludes halogenated alkanes) is 1. The molecule has 2 atom stereocenters. The molecule has 0 saturated carbocycles. The number of nitrogens with one attached hydrogen (secondary N) is 1. The Morgan fingerprint density at radius 2 is 1.78 bits per heavy atom. The number of likely N-dealkylation sites (tertiary alicyclic amines) is 1. The first kappa shape index (κ1) is 25.9. The van der Waals surface area contributed by atoms with Gasteiger partial charge in [-0.25, -0.2) is 5.01 Å². The minimum Gasteiger partial charge on any atom is -0.331 e. The number of amides is 2. The van der Waals surface area contributed by atoms with Crippen LogP contribution in [-0.2, 0) is 28.0 Å². The minimum atomic E-state index is -0.548. The van der Waals surface area contributed by atoms with Crippen LogP contribution in [0.15, 0.2) is 54.6 Å². The lowest BCUT2D eigenvalue weighted by Crippen LogP contribution is -2.52. The van der Waals surface area contributed by atoms with Gasteiger partial charge < -0.3 is 4.90 Å². The summed E-state index contributed by atoms with van der Waals surface area (Å²) >= 11 is 0. The highest BCUT2D eigenvalue weighted by molar-refractivity contribution is 5.88. The Kier molecular flexibility index (Phi) is 8.43. The molecule has 2 heterocycles. The number of nitriles is 1. The zero-order valence-electron chi connectivity index (χ0n) is 21.6. The van der Waals surface area contributed by atoms with Crippen LogP contribution in [0.3, 0.4) is 0 Å². The average molecular weight is 487 g/mol. The summed E-state index contributed by atoms with van der Waals surface area (Å²) in [5.74, 6) is 0.144. The molecule has 1 N–H and O–H groups in total. The third kappa shape index (κ3) is 5.63. The number of hydrazine groups is 1. The summed E-state index contributed by atoms with van der Waals surface area (Å²) in [6, 6.07) is 20.5. The van der Waals surface area contributed by atoms with E-state index in [-0.39, 0.29) is 17.7 Å². The quantitative estimate of drug-likeness (QED) is 0.519. The summed E-state index contributed by atoms with van der Waals surface area (Å²) in [6.07, 6.45) is 5.12. The Hall–Kier alpha value is -3.17. The van der Waals surface area contributed by atoms with Crippen molar-refractivity contribution >= 4 is 11.8 Å². The van der Waals surface area contributed by atoms with Gasteiger partial charge in [-0.3, -0.25) is 15.0 Å². The van der Waals surface area contributed by atoms with Crippen molar-refractivity contribution in [2.24, 2.45) is 5.92 Å². The lowest BCUT2D eigenvalue weighted by atomic mass is 9.69. The molecule has 6 heteroatoms. The number of hydrogen-bond acceptors (Lipinski definition) is 4. The number of benzene rings is 2. The number of nitrogens with zero attached hydrogens (tertiary/aromatic N) is 3. The van der Waals surface area contributed by atoms with Crippen molar-refractivity contribution < 1.29 is 9.59 Å². The van der Waals surface area contributed by atoms with Gasteiger partial charge in [0, 0.05) is 26.1 Å². The van der Waals surface area contributed by atoms with E-state index >= 15 is 0 Å². The maximum Gasteiger partial charge on any atom is 0.257 e. The predicted octanol–water partition coefficient (Wildman–Crippen LogP) is 4.74. The summed E-state index contributed by atoms with van der Waals surface area (Å²) in [6.45, 7) is 6.30. The Balaban J connectivity index is 1.28. The largest absolute Gasteiger partial charge is 0.331 e. The third-order valence-electron chi connectivity index (χ3n) is 7.96. The Morgan fingerprint density at radius 1 is 1.06 bits per heavy atom. The van der Waals surface area contributed by atoms with E-state index in [0.29, 0.717) is 25.9 Å². The van der Waals surface area contributed by atoms with Crippen molar-refractivity contribution in [3.63, 3.8) is 0 Å². The molecule has 4 rings (SSSR count). The summed E-state index contributed by atoms with van der Waals surface area (Å²) in [5, 5.41) is 12.1. The topological polar surface area (TPSA) is 76.4 Å². The number of fused-ring (bicyclic) bond motifs is 1. The van der Waals surface area contributed by atoms with Gasteiger partial charge >= 0.3 is 0 Å². The fourth-order valence-electron chi connectivity index (χ4n) is 5.73. The van der Waals surface area contributed by atoms with E-state index in [1.807, 2.05) is 41.4 Å². The van der Waals surface area contributed by atoms with Crippen LogP contribution < -0.4 is 5.43 Å². The normalized spacial score (nSPS) is 19.4. The molecule has 6 nitrogen and oxygen atoms in total. The average Bonchev–Trinajstić information content (AvgIpc) is 3.40. The van der Waals surface area contributed by atoms with Crippen molar-refractivity contribution in [3.8, 4) is 6.07 Å². The van der Waals surface area contributed by atoms with Crippen molar-refractivity contribution in [1.82, 2.24) is 15.3 Å². The molecule has 190 valence electrons. The Labute approximate surface area is 215 Å². The van der Waals surface area contributed by atoms with Crippen LogP contribution in [0.25, 0.3) is 0 Å². The van der Waals surface area contributed by atoms with Gasteiger partial charge in [0.15, 0.2) is 0 Å². The summed E-state index contributed by atoms with van der Waals surface area (Å²) in [5.41, 5.74) is 6.16. The standard InChI is InChI=1S/C30H38N4O2/c1-23(2)30(22-31,26-13-4-3-5-14-26)18-9-8-16-28(35)34-19-10-15-27(34)29(36)32-33-20-17-24-11-6-7-12-25(24)21-33/h3-7,11-14,23,27H,8-10,15-21H2,1-2H3,(H,32,36)/t27-,30?/m1/s1. The van der Waals surface area contributed by atoms with Gasteiger partial charge in [0.25, 0.3) is 5.91 Å². The van der Waals surface area contributed by atoms with Crippen LogP contribution in [0.4, 0.5) is 0 Å². The molecule has 1 unspecified atom stereocenters. The van der Waals surface area contributed by atoms with Gasteiger partial charge in [0.2, 0.25) is 5.91 Å². The number of rotatable bonds is 9. The molecular weight excluding hydrogens is 448 g/mol. The number of carbonyl (C=O) groups excluding carboxylic acids is 2. The molecule has 1 saturated heterocycles. The zero-order chi connectivity index (χ0) is 25.5. The zero-order valence-corrected chi connectivity index (χ0v) is 21.6. The van der Waals surface area contributed by atoms with E-state index in [2.05, 4.69) is 43.5 Å². The fraction of sp³-hybridized carbons (Fsp3) is 0.500. The first-order valence-electron chi connectivity index (χ1n) is 13.3. The van der Waals surface area contributed by atoms with E-state index in [1.54, 1.807) is 4.90 Å². The van der Waals surface area contributed by atoms with Crippen LogP contribution in [0.1, 0.15) is 69.1 Å². The fourth-order valence-corrected chi connectivity index (χ4v) is 5.73. The van der Waals surface area contributed by atoms with Crippen LogP contribution in [-0.4, -0.2) is 40.9 Å². The summed E-state index contributed by atoms with van der Waals surface area (Å²) in [4.78, 5) is 27.9. The molecule has 1 fully saturated rings. The molecule has 2 aromatic carbocycles. The number of hydrogen-bond donors (Lipinski definition) is 1. The highest BCUT2D eigenvalue weighted by Gasteiger charge is 2.37. The lowest BCUT2D eigenvalue weighted by molar-refractivity contribution is -0.141. The van der Waals surface area contributed by atoms with Crippen molar-refractivity contribution in [2.75, 3.05) is 13.1 Å². The Bertz CT molecular complexity index is 1090. The first-order chi connectivity index (χ1) is 17.4. The summed E-state index contributed by atoms with van der Waals surface area (Å²) in [7, 11) is 0. The molecular formula is C30H38N4O2. The molecule has 2 aliphatic rings. The van der Waals surface area contributed by atoms with Gasteiger partial charge in [-0.15, -0.1) is 0 Å². The number of carbonyl (C=O) groups is 2. The highest BCUT2D eigenvalue weighted by Crippen LogP contribution is 2.37. The molecule has 0 bridgehead atoms. The third-order valence-corrected chi connectivity index (χ3v) is 7.96. The monoisotopic (exact) mass is 486 g/mol. The second-order valence-electron chi connectivity index (χ2n) is 10.5. The minimum absolute atomic E-state index is 0.0449. The van der Waals surface area contributed by atoms with E-state index < -0.39 is 11.5 Å². The summed E-state index contributed by atoms with van der Waals surface area (Å²) < 4.78 is 0. The van der Waals surface area contributed by atoms with Gasteiger partial charge in [0.05, 0.1) is 11.5 Å². The Morgan fingerprint density at radius 3 is 2.50 bits per heavy atom. The smallest absolute Gasteiger partial charge is 0.257 e.